The monoisotopic (exact) mass is 275 g/mol. The van der Waals surface area contributed by atoms with Crippen LogP contribution in [-0.4, -0.2) is 18.3 Å². The molecule has 0 aliphatic rings. The highest BCUT2D eigenvalue weighted by molar-refractivity contribution is 7.97. The molecule has 0 amide bonds. The predicted octanol–water partition coefficient (Wildman–Crippen LogP) is 3.36. The Morgan fingerprint density at radius 1 is 1.53 bits per heavy atom. The fourth-order valence-corrected chi connectivity index (χ4v) is 2.37. The average molecular weight is 275 g/mol. The second-order valence-electron chi connectivity index (χ2n) is 4.02. The number of rotatable bonds is 4. The molecule has 0 unspecified atom stereocenters. The minimum Gasteiger partial charge on any atom is -0.449 e. The summed E-state index contributed by atoms with van der Waals surface area (Å²) in [6.45, 7) is 1.52. The van der Waals surface area contributed by atoms with Gasteiger partial charge in [-0.25, -0.2) is 4.79 Å². The zero-order valence-electron chi connectivity index (χ0n) is 10.7. The van der Waals surface area contributed by atoms with Crippen molar-refractivity contribution in [2.75, 3.05) is 6.26 Å². The molecule has 4 nitrogen and oxygen atoms in total. The van der Waals surface area contributed by atoms with Crippen LogP contribution >= 0.6 is 11.8 Å². The van der Waals surface area contributed by atoms with E-state index < -0.39 is 12.1 Å². The van der Waals surface area contributed by atoms with E-state index >= 15 is 0 Å². The summed E-state index contributed by atoms with van der Waals surface area (Å²) in [5.74, 6) is 0.259. The van der Waals surface area contributed by atoms with Crippen molar-refractivity contribution in [1.29, 1.82) is 5.26 Å². The van der Waals surface area contributed by atoms with Gasteiger partial charge in [-0.15, -0.1) is 0 Å². The highest BCUT2D eigenvalue weighted by atomic mass is 32.2. The van der Waals surface area contributed by atoms with Crippen LogP contribution in [-0.2, 0) is 10.5 Å². The summed E-state index contributed by atoms with van der Waals surface area (Å²) in [6, 6.07) is 9.33. The highest BCUT2D eigenvalue weighted by Crippen LogP contribution is 2.29. The molecule has 0 spiro atoms. The van der Waals surface area contributed by atoms with Crippen LogP contribution in [0.4, 0.5) is 0 Å². The standard InChI is InChI=1S/C14H13NO3S/c1-9(7-15)17-14(16)13-11(8-19-2)10-5-3-4-6-12(10)18-13/h3-6,9H,8H2,1-2H3/t9-/m0/s1. The molecule has 98 valence electrons. The molecular weight excluding hydrogens is 262 g/mol. The van der Waals surface area contributed by atoms with Crippen molar-refractivity contribution in [2.45, 2.75) is 18.8 Å². The number of esters is 1. The smallest absolute Gasteiger partial charge is 0.375 e. The van der Waals surface area contributed by atoms with Crippen molar-refractivity contribution in [1.82, 2.24) is 0 Å². The average Bonchev–Trinajstić information content (AvgIpc) is 2.78. The molecule has 1 aromatic carbocycles. The Bertz CT molecular complexity index is 642. The highest BCUT2D eigenvalue weighted by Gasteiger charge is 2.22. The number of hydrogen-bond acceptors (Lipinski definition) is 5. The number of nitriles is 1. The first-order valence-corrected chi connectivity index (χ1v) is 7.16. The zero-order chi connectivity index (χ0) is 13.8. The summed E-state index contributed by atoms with van der Waals surface area (Å²) in [7, 11) is 0. The number of nitrogens with zero attached hydrogens (tertiary/aromatic N) is 1. The SMILES string of the molecule is CSCc1c(C(=O)O[C@@H](C)C#N)oc2ccccc12. The van der Waals surface area contributed by atoms with Crippen LogP contribution in [0.3, 0.4) is 0 Å². The molecule has 0 aliphatic heterocycles. The second-order valence-corrected chi connectivity index (χ2v) is 4.88. The first-order valence-electron chi connectivity index (χ1n) is 5.77. The van der Waals surface area contributed by atoms with Gasteiger partial charge in [-0.1, -0.05) is 18.2 Å². The largest absolute Gasteiger partial charge is 0.449 e. The van der Waals surface area contributed by atoms with E-state index in [4.69, 9.17) is 14.4 Å². The summed E-state index contributed by atoms with van der Waals surface area (Å²) in [6.07, 6.45) is 1.16. The number of ether oxygens (including phenoxy) is 1. The molecule has 0 saturated carbocycles. The molecule has 0 N–H and O–H groups in total. The lowest BCUT2D eigenvalue weighted by molar-refractivity contribution is 0.0400. The normalized spacial score (nSPS) is 12.1. The van der Waals surface area contributed by atoms with Gasteiger partial charge in [0, 0.05) is 16.7 Å². The van der Waals surface area contributed by atoms with Crippen LogP contribution in [0.15, 0.2) is 28.7 Å². The second kappa shape index (κ2) is 5.81. The van der Waals surface area contributed by atoms with Crippen LogP contribution in [0.2, 0.25) is 0 Å². The number of hydrogen-bond donors (Lipinski definition) is 0. The summed E-state index contributed by atoms with van der Waals surface area (Å²) in [5.41, 5.74) is 1.47. The molecule has 0 aliphatic carbocycles. The van der Waals surface area contributed by atoms with Crippen LogP contribution in [0, 0.1) is 11.3 Å². The molecule has 0 fully saturated rings. The van der Waals surface area contributed by atoms with Crippen molar-refractivity contribution >= 4 is 28.7 Å². The van der Waals surface area contributed by atoms with Crippen molar-refractivity contribution in [3.63, 3.8) is 0 Å². The molecule has 2 rings (SSSR count). The quantitative estimate of drug-likeness (QED) is 0.800. The van der Waals surface area contributed by atoms with Crippen molar-refractivity contribution in [3.8, 4) is 6.07 Å². The van der Waals surface area contributed by atoms with Crippen LogP contribution in [0.5, 0.6) is 0 Å². The van der Waals surface area contributed by atoms with E-state index in [1.807, 2.05) is 36.6 Å². The number of furan rings is 1. The Balaban J connectivity index is 2.44. The number of benzene rings is 1. The van der Waals surface area contributed by atoms with Gasteiger partial charge in [0.1, 0.15) is 11.7 Å². The number of para-hydroxylation sites is 1. The third-order valence-corrected chi connectivity index (χ3v) is 3.22. The van der Waals surface area contributed by atoms with Crippen LogP contribution < -0.4 is 0 Å². The number of carbonyl (C=O) groups is 1. The number of carbonyl (C=O) groups excluding carboxylic acids is 1. The molecule has 0 bridgehead atoms. The van der Waals surface area contributed by atoms with Crippen LogP contribution in [0.25, 0.3) is 11.0 Å². The minimum atomic E-state index is -0.789. The third kappa shape index (κ3) is 2.74. The van der Waals surface area contributed by atoms with Crippen molar-refractivity contribution < 1.29 is 13.9 Å². The molecule has 0 radical (unpaired) electrons. The van der Waals surface area contributed by atoms with E-state index in [-0.39, 0.29) is 5.76 Å². The molecule has 0 saturated heterocycles. The van der Waals surface area contributed by atoms with E-state index in [1.165, 1.54) is 6.92 Å². The Kier molecular flexibility index (Phi) is 4.13. The third-order valence-electron chi connectivity index (χ3n) is 2.64. The molecule has 5 heteroatoms. The molecule has 1 heterocycles. The minimum absolute atomic E-state index is 0.192. The Morgan fingerprint density at radius 2 is 2.26 bits per heavy atom. The van der Waals surface area contributed by atoms with Gasteiger partial charge in [0.2, 0.25) is 5.76 Å². The number of thioether (sulfide) groups is 1. The van der Waals surface area contributed by atoms with Gasteiger partial charge in [-0.3, -0.25) is 0 Å². The molecule has 1 atom stereocenters. The fourth-order valence-electron chi connectivity index (χ4n) is 1.79. The van der Waals surface area contributed by atoms with E-state index in [1.54, 1.807) is 11.8 Å². The lowest BCUT2D eigenvalue weighted by atomic mass is 10.1. The van der Waals surface area contributed by atoms with Gasteiger partial charge in [0.25, 0.3) is 0 Å². The Morgan fingerprint density at radius 3 is 2.95 bits per heavy atom. The molecular formula is C14H13NO3S. The summed E-state index contributed by atoms with van der Waals surface area (Å²) in [5, 5.41) is 9.59. The van der Waals surface area contributed by atoms with Gasteiger partial charge in [-0.05, 0) is 19.2 Å². The van der Waals surface area contributed by atoms with Crippen molar-refractivity contribution in [3.05, 3.63) is 35.6 Å². The van der Waals surface area contributed by atoms with Gasteiger partial charge in [0.05, 0.1) is 0 Å². The predicted molar refractivity (Wildman–Crippen MR) is 73.9 cm³/mol. The zero-order valence-corrected chi connectivity index (χ0v) is 11.5. The fraction of sp³-hybridized carbons (Fsp3) is 0.286. The Labute approximate surface area is 115 Å². The van der Waals surface area contributed by atoms with Gasteiger partial charge in [0.15, 0.2) is 6.10 Å². The van der Waals surface area contributed by atoms with E-state index in [2.05, 4.69) is 0 Å². The van der Waals surface area contributed by atoms with Crippen molar-refractivity contribution in [2.24, 2.45) is 0 Å². The first kappa shape index (κ1) is 13.5. The lowest BCUT2D eigenvalue weighted by Gasteiger charge is -2.05. The van der Waals surface area contributed by atoms with Gasteiger partial charge >= 0.3 is 5.97 Å². The molecule has 2 aromatic rings. The summed E-state index contributed by atoms with van der Waals surface area (Å²) in [4.78, 5) is 12.0. The topological polar surface area (TPSA) is 63.2 Å². The molecule has 1 aromatic heterocycles. The first-order chi connectivity index (χ1) is 9.17. The number of fused-ring (bicyclic) bond motifs is 1. The van der Waals surface area contributed by atoms with Crippen LogP contribution in [0.1, 0.15) is 23.0 Å². The maximum Gasteiger partial charge on any atom is 0.375 e. The Hall–Kier alpha value is -1.93. The van der Waals surface area contributed by atoms with E-state index in [9.17, 15) is 4.79 Å². The maximum atomic E-state index is 12.0. The van der Waals surface area contributed by atoms with Gasteiger partial charge in [-0.2, -0.15) is 17.0 Å². The maximum absolute atomic E-state index is 12.0. The summed E-state index contributed by atoms with van der Waals surface area (Å²) >= 11 is 1.60. The molecule has 19 heavy (non-hydrogen) atoms. The van der Waals surface area contributed by atoms with E-state index in [0.29, 0.717) is 11.3 Å². The summed E-state index contributed by atoms with van der Waals surface area (Å²) < 4.78 is 10.6. The lowest BCUT2D eigenvalue weighted by Crippen LogP contribution is -2.13. The van der Waals surface area contributed by atoms with Gasteiger partial charge < -0.3 is 9.15 Å². The van der Waals surface area contributed by atoms with E-state index in [0.717, 1.165) is 10.9 Å².